The fraction of sp³-hybridized carbons (Fsp3) is 0.500. The highest BCUT2D eigenvalue weighted by Gasteiger charge is 1.88. The van der Waals surface area contributed by atoms with Crippen molar-refractivity contribution in [3.63, 3.8) is 0 Å². The summed E-state index contributed by atoms with van der Waals surface area (Å²) in [7, 11) is 0. The summed E-state index contributed by atoms with van der Waals surface area (Å²) in [4.78, 5) is 13.1. The summed E-state index contributed by atoms with van der Waals surface area (Å²) in [5, 5.41) is 7.71. The van der Waals surface area contributed by atoms with Crippen LogP contribution in [0.2, 0.25) is 0 Å². The zero-order chi connectivity index (χ0) is 4.99. The van der Waals surface area contributed by atoms with E-state index in [1.165, 1.54) is 0 Å². The standard InChI is InChI=1S/C2H5NO3.ClH/c3-6-1-2(4)5;/h1,3H2,(H,4,5);1H. The number of carbonyl (C=O) groups is 1. The van der Waals surface area contributed by atoms with Gasteiger partial charge in [-0.2, -0.15) is 0 Å². The van der Waals surface area contributed by atoms with E-state index >= 15 is 0 Å². The zero-order valence-corrected chi connectivity index (χ0v) is 4.27. The normalized spacial score (nSPS) is 7.00. The van der Waals surface area contributed by atoms with Gasteiger partial charge in [-0.1, -0.05) is 0 Å². The molecular weight excluding hydrogens is 121 g/mol. The summed E-state index contributed by atoms with van der Waals surface area (Å²) in [6, 6.07) is 0. The first-order valence-electron chi connectivity index (χ1n) is 1.31. The van der Waals surface area contributed by atoms with E-state index in [1.807, 2.05) is 0 Å². The molecule has 0 aromatic carbocycles. The molecule has 0 aromatic rings. The number of hydrogen-bond acceptors (Lipinski definition) is 3. The van der Waals surface area contributed by atoms with Crippen LogP contribution in [0, 0.1) is 0 Å². The molecule has 0 spiro atoms. The van der Waals surface area contributed by atoms with E-state index < -0.39 is 12.6 Å². The van der Waals surface area contributed by atoms with Gasteiger partial charge in [0.05, 0.1) is 0 Å². The molecule has 0 aliphatic rings. The maximum Gasteiger partial charge on any atom is 0.331 e. The number of aliphatic carboxylic acids is 1. The highest BCUT2D eigenvalue weighted by atomic mass is 35.5. The van der Waals surface area contributed by atoms with Crippen molar-refractivity contribution >= 4 is 18.4 Å². The first kappa shape index (κ1) is 9.84. The molecule has 0 unspecified atom stereocenters. The van der Waals surface area contributed by atoms with E-state index in [2.05, 4.69) is 10.7 Å². The average molecular weight is 128 g/mol. The average Bonchev–Trinajstić information content (AvgIpc) is 1.35. The Labute approximate surface area is 46.6 Å². The van der Waals surface area contributed by atoms with Crippen LogP contribution in [0.4, 0.5) is 0 Å². The Balaban J connectivity index is 0. The van der Waals surface area contributed by atoms with Gasteiger partial charge in [0.1, 0.15) is 0 Å². The van der Waals surface area contributed by atoms with E-state index in [0.717, 1.165) is 0 Å². The van der Waals surface area contributed by atoms with E-state index in [9.17, 15) is 4.79 Å². The van der Waals surface area contributed by atoms with Crippen molar-refractivity contribution in [1.29, 1.82) is 0 Å². The Bertz CT molecular complexity index is 56.9. The number of carboxylic acids is 1. The quantitative estimate of drug-likeness (QED) is 0.485. The Morgan fingerprint density at radius 1 is 1.86 bits per heavy atom. The van der Waals surface area contributed by atoms with Crippen molar-refractivity contribution in [3.8, 4) is 0 Å². The van der Waals surface area contributed by atoms with Crippen LogP contribution in [0.15, 0.2) is 0 Å². The molecule has 3 N–H and O–H groups in total. The summed E-state index contributed by atoms with van der Waals surface area (Å²) >= 11 is 0. The number of halogens is 1. The molecule has 7 heavy (non-hydrogen) atoms. The lowest BCUT2D eigenvalue weighted by Crippen LogP contribution is -2.10. The summed E-state index contributed by atoms with van der Waals surface area (Å²) in [6.07, 6.45) is 0. The minimum atomic E-state index is -1.06. The van der Waals surface area contributed by atoms with Crippen molar-refractivity contribution in [1.82, 2.24) is 0 Å². The smallest absolute Gasteiger partial charge is 0.331 e. The summed E-state index contributed by atoms with van der Waals surface area (Å²) in [5.74, 6) is 3.29. The van der Waals surface area contributed by atoms with E-state index in [1.54, 1.807) is 0 Å². The van der Waals surface area contributed by atoms with Crippen LogP contribution in [-0.4, -0.2) is 17.7 Å². The molecule has 0 aliphatic carbocycles. The molecule has 0 heterocycles. The fourth-order valence-corrected chi connectivity index (χ4v) is 0.0713. The third-order valence-electron chi connectivity index (χ3n) is 0.207. The Kier molecular flexibility index (Phi) is 7.98. The van der Waals surface area contributed by atoms with Gasteiger partial charge in [0, 0.05) is 0 Å². The number of hydrogen-bond donors (Lipinski definition) is 2. The second-order valence-electron chi connectivity index (χ2n) is 0.705. The van der Waals surface area contributed by atoms with Crippen molar-refractivity contribution in [3.05, 3.63) is 0 Å². The molecule has 44 valence electrons. The highest BCUT2D eigenvalue weighted by molar-refractivity contribution is 5.85. The zero-order valence-electron chi connectivity index (χ0n) is 3.46. The van der Waals surface area contributed by atoms with Crippen LogP contribution in [-0.2, 0) is 9.63 Å². The second-order valence-corrected chi connectivity index (χ2v) is 0.705. The molecule has 0 aromatic heterocycles. The van der Waals surface area contributed by atoms with Gasteiger partial charge < -0.3 is 5.11 Å². The Morgan fingerprint density at radius 2 is 2.29 bits per heavy atom. The van der Waals surface area contributed by atoms with Gasteiger partial charge >= 0.3 is 5.97 Å². The SMILES string of the molecule is Cl.NOCC(=O)O. The van der Waals surface area contributed by atoms with Gasteiger partial charge in [0.15, 0.2) is 6.61 Å². The van der Waals surface area contributed by atoms with Gasteiger partial charge in [-0.3, -0.25) is 4.84 Å². The maximum atomic E-state index is 9.39. The van der Waals surface area contributed by atoms with Crippen LogP contribution in [0.25, 0.3) is 0 Å². The summed E-state index contributed by atoms with van der Waals surface area (Å²) in [6.45, 7) is -0.431. The van der Waals surface area contributed by atoms with Gasteiger partial charge in [-0.15, -0.1) is 12.4 Å². The molecule has 4 nitrogen and oxygen atoms in total. The van der Waals surface area contributed by atoms with Crippen LogP contribution < -0.4 is 5.90 Å². The fourth-order valence-electron chi connectivity index (χ4n) is 0.0713. The van der Waals surface area contributed by atoms with Crippen molar-refractivity contribution in [2.24, 2.45) is 5.90 Å². The predicted molar refractivity (Wildman–Crippen MR) is 25.0 cm³/mol. The molecule has 0 bridgehead atoms. The number of nitrogens with two attached hydrogens (primary N) is 1. The van der Waals surface area contributed by atoms with Crippen LogP contribution >= 0.6 is 12.4 Å². The van der Waals surface area contributed by atoms with Gasteiger partial charge in [0.2, 0.25) is 0 Å². The van der Waals surface area contributed by atoms with Gasteiger partial charge in [0.25, 0.3) is 0 Å². The molecule has 0 rings (SSSR count). The second kappa shape index (κ2) is 5.68. The van der Waals surface area contributed by atoms with E-state index in [0.29, 0.717) is 0 Å². The third-order valence-corrected chi connectivity index (χ3v) is 0.207. The van der Waals surface area contributed by atoms with Crippen LogP contribution in [0.5, 0.6) is 0 Å². The van der Waals surface area contributed by atoms with E-state index in [4.69, 9.17) is 5.11 Å². The minimum absolute atomic E-state index is 0. The molecule has 0 aliphatic heterocycles. The van der Waals surface area contributed by atoms with Gasteiger partial charge in [-0.05, 0) is 0 Å². The molecule has 0 saturated carbocycles. The Hall–Kier alpha value is -0.320. The molecule has 0 radical (unpaired) electrons. The molecule has 0 amide bonds. The summed E-state index contributed by atoms with van der Waals surface area (Å²) < 4.78 is 0. The minimum Gasteiger partial charge on any atom is -0.479 e. The lowest BCUT2D eigenvalue weighted by Gasteiger charge is -1.83. The van der Waals surface area contributed by atoms with Crippen molar-refractivity contribution < 1.29 is 14.7 Å². The maximum absolute atomic E-state index is 9.39. The Morgan fingerprint density at radius 3 is 2.29 bits per heavy atom. The third kappa shape index (κ3) is 10.7. The molecule has 0 atom stereocenters. The largest absolute Gasteiger partial charge is 0.479 e. The van der Waals surface area contributed by atoms with Crippen molar-refractivity contribution in [2.45, 2.75) is 0 Å². The first-order valence-corrected chi connectivity index (χ1v) is 1.31. The summed E-state index contributed by atoms with van der Waals surface area (Å²) in [5.41, 5.74) is 0. The predicted octanol–water partition coefficient (Wildman–Crippen LogP) is -0.617. The molecule has 5 heteroatoms. The topological polar surface area (TPSA) is 72.5 Å². The first-order chi connectivity index (χ1) is 2.77. The lowest BCUT2D eigenvalue weighted by molar-refractivity contribution is -0.142. The van der Waals surface area contributed by atoms with Gasteiger partial charge in [-0.25, -0.2) is 10.7 Å². The molecule has 0 saturated heterocycles. The molecular formula is C2H6ClNO3. The highest BCUT2D eigenvalue weighted by Crippen LogP contribution is 1.57. The molecule has 0 fully saturated rings. The lowest BCUT2D eigenvalue weighted by atomic mass is 10.8. The van der Waals surface area contributed by atoms with E-state index in [-0.39, 0.29) is 12.4 Å². The monoisotopic (exact) mass is 127 g/mol. The van der Waals surface area contributed by atoms with Crippen molar-refractivity contribution in [2.75, 3.05) is 6.61 Å². The van der Waals surface area contributed by atoms with Crippen LogP contribution in [0.1, 0.15) is 0 Å². The number of carboxylic acid groups (broad SMARTS) is 1. The van der Waals surface area contributed by atoms with Crippen LogP contribution in [0.3, 0.4) is 0 Å². The number of rotatable bonds is 2.